The second-order valence-corrected chi connectivity index (χ2v) is 4.55. The minimum atomic E-state index is -1.40. The lowest BCUT2D eigenvalue weighted by molar-refractivity contribution is -0.384. The van der Waals surface area contributed by atoms with E-state index in [9.17, 15) is 25.1 Å². The number of nitrogens with zero attached hydrogens (tertiary/aromatic N) is 2. The maximum Gasteiger partial charge on any atom is 0.273 e. The summed E-state index contributed by atoms with van der Waals surface area (Å²) in [7, 11) is 0. The lowest BCUT2D eigenvalue weighted by Gasteiger charge is -2.08. The Kier molecular flexibility index (Phi) is 5.00. The zero-order valence-electron chi connectivity index (χ0n) is 11.8. The second-order valence-electron chi connectivity index (χ2n) is 4.55. The van der Waals surface area contributed by atoms with Gasteiger partial charge in [-0.2, -0.15) is 5.10 Å². The maximum absolute atomic E-state index is 11.7. The number of rotatable bonds is 5. The van der Waals surface area contributed by atoms with Crippen molar-refractivity contribution >= 4 is 17.8 Å². The van der Waals surface area contributed by atoms with Gasteiger partial charge in [0.1, 0.15) is 5.75 Å². The Morgan fingerprint density at radius 1 is 1.26 bits per heavy atom. The van der Waals surface area contributed by atoms with Gasteiger partial charge in [-0.05, 0) is 11.6 Å². The predicted octanol–water partition coefficient (Wildman–Crippen LogP) is 1.48. The maximum atomic E-state index is 11.7. The van der Waals surface area contributed by atoms with Crippen molar-refractivity contribution in [3.8, 4) is 5.75 Å². The molecule has 2 rings (SSSR count). The molecule has 1 atom stereocenters. The monoisotopic (exact) mass is 315 g/mol. The molecule has 0 bridgehead atoms. The third kappa shape index (κ3) is 4.11. The number of carbonyl (C=O) groups is 1. The van der Waals surface area contributed by atoms with Gasteiger partial charge in [0, 0.05) is 17.7 Å². The van der Waals surface area contributed by atoms with Crippen LogP contribution in [0.3, 0.4) is 0 Å². The number of benzene rings is 2. The van der Waals surface area contributed by atoms with E-state index >= 15 is 0 Å². The molecule has 0 aromatic heterocycles. The number of carbonyl (C=O) groups excluding carboxylic acids is 1. The first kappa shape index (κ1) is 16.1. The number of hydrogen-bond donors (Lipinski definition) is 3. The van der Waals surface area contributed by atoms with Crippen molar-refractivity contribution in [2.24, 2.45) is 5.10 Å². The summed E-state index contributed by atoms with van der Waals surface area (Å²) < 4.78 is 0. The molecule has 0 heterocycles. The molecule has 0 aliphatic heterocycles. The Hall–Kier alpha value is -3.26. The normalized spacial score (nSPS) is 12.0. The number of phenols is 1. The van der Waals surface area contributed by atoms with Gasteiger partial charge >= 0.3 is 0 Å². The van der Waals surface area contributed by atoms with E-state index in [0.717, 1.165) is 24.4 Å². The van der Waals surface area contributed by atoms with Gasteiger partial charge in [0.05, 0.1) is 11.1 Å². The minimum absolute atomic E-state index is 0.0636. The smallest absolute Gasteiger partial charge is 0.273 e. The molecule has 2 aromatic rings. The van der Waals surface area contributed by atoms with E-state index in [-0.39, 0.29) is 17.0 Å². The molecule has 0 spiro atoms. The quantitative estimate of drug-likeness (QED) is 0.438. The number of non-ortho nitro benzene ring substituents is 1. The molecule has 2 aromatic carbocycles. The highest BCUT2D eigenvalue weighted by molar-refractivity contribution is 5.87. The second kappa shape index (κ2) is 7.14. The lowest BCUT2D eigenvalue weighted by atomic mass is 10.1. The van der Waals surface area contributed by atoms with E-state index in [4.69, 9.17) is 0 Å². The fraction of sp³-hybridized carbons (Fsp3) is 0.0667. The summed E-state index contributed by atoms with van der Waals surface area (Å²) in [6.07, 6.45) is -0.343. The van der Waals surface area contributed by atoms with Crippen LogP contribution >= 0.6 is 0 Å². The van der Waals surface area contributed by atoms with Crippen LogP contribution in [0.15, 0.2) is 53.6 Å². The molecule has 3 N–H and O–H groups in total. The molecule has 0 aliphatic rings. The topological polar surface area (TPSA) is 125 Å². The van der Waals surface area contributed by atoms with Crippen LogP contribution in [-0.4, -0.2) is 27.3 Å². The van der Waals surface area contributed by atoms with E-state index in [2.05, 4.69) is 10.5 Å². The summed E-state index contributed by atoms with van der Waals surface area (Å²) in [4.78, 5) is 21.8. The SMILES string of the molecule is O=C(N/N=C\c1cc([N+](=O)[O-])ccc1O)C(O)c1ccccc1. The molecule has 0 fully saturated rings. The predicted molar refractivity (Wildman–Crippen MR) is 81.9 cm³/mol. The van der Waals surface area contributed by atoms with Crippen LogP contribution < -0.4 is 5.43 Å². The fourth-order valence-electron chi connectivity index (χ4n) is 1.77. The van der Waals surface area contributed by atoms with Gasteiger partial charge in [0.25, 0.3) is 11.6 Å². The molecule has 0 radical (unpaired) electrons. The van der Waals surface area contributed by atoms with Crippen molar-refractivity contribution in [2.45, 2.75) is 6.10 Å². The Labute approximate surface area is 130 Å². The van der Waals surface area contributed by atoms with Crippen LogP contribution in [0.2, 0.25) is 0 Å². The fourth-order valence-corrected chi connectivity index (χ4v) is 1.77. The number of nitrogens with one attached hydrogen (secondary N) is 1. The van der Waals surface area contributed by atoms with E-state index in [0.29, 0.717) is 5.56 Å². The molecular formula is C15H13N3O5. The largest absolute Gasteiger partial charge is 0.507 e. The van der Waals surface area contributed by atoms with Crippen LogP contribution in [0.4, 0.5) is 5.69 Å². The van der Waals surface area contributed by atoms with Gasteiger partial charge < -0.3 is 10.2 Å². The first-order valence-electron chi connectivity index (χ1n) is 6.52. The minimum Gasteiger partial charge on any atom is -0.507 e. The van der Waals surface area contributed by atoms with E-state index < -0.39 is 16.9 Å². The summed E-state index contributed by atoms with van der Waals surface area (Å²) >= 11 is 0. The molecule has 0 aliphatic carbocycles. The van der Waals surface area contributed by atoms with Crippen LogP contribution in [0.1, 0.15) is 17.2 Å². The van der Waals surface area contributed by atoms with Crippen LogP contribution in [0.5, 0.6) is 5.75 Å². The van der Waals surface area contributed by atoms with E-state index in [1.54, 1.807) is 30.3 Å². The molecule has 8 heteroatoms. The van der Waals surface area contributed by atoms with Crippen molar-refractivity contribution in [3.05, 3.63) is 69.8 Å². The Morgan fingerprint density at radius 3 is 2.61 bits per heavy atom. The highest BCUT2D eigenvalue weighted by atomic mass is 16.6. The lowest BCUT2D eigenvalue weighted by Crippen LogP contribution is -2.25. The number of aromatic hydroxyl groups is 1. The average Bonchev–Trinajstić information content (AvgIpc) is 2.56. The van der Waals surface area contributed by atoms with Crippen molar-refractivity contribution in [2.75, 3.05) is 0 Å². The first-order chi connectivity index (χ1) is 11.0. The summed E-state index contributed by atoms with van der Waals surface area (Å²) in [6, 6.07) is 11.7. The zero-order valence-corrected chi connectivity index (χ0v) is 11.8. The van der Waals surface area contributed by atoms with Crippen molar-refractivity contribution in [3.63, 3.8) is 0 Å². The van der Waals surface area contributed by atoms with Gasteiger partial charge in [0.15, 0.2) is 6.10 Å². The average molecular weight is 315 g/mol. The van der Waals surface area contributed by atoms with Gasteiger partial charge in [-0.15, -0.1) is 0 Å². The van der Waals surface area contributed by atoms with Gasteiger partial charge in [-0.1, -0.05) is 30.3 Å². The summed E-state index contributed by atoms with van der Waals surface area (Å²) in [5, 5.41) is 33.7. The molecule has 0 saturated heterocycles. The standard InChI is InChI=1S/C15H13N3O5/c19-13-7-6-12(18(22)23)8-11(13)9-16-17-15(21)14(20)10-4-2-1-3-5-10/h1-9,14,19-20H,(H,17,21)/b16-9-. The molecule has 1 unspecified atom stereocenters. The highest BCUT2D eigenvalue weighted by Gasteiger charge is 2.16. The number of hydrogen-bond acceptors (Lipinski definition) is 6. The molecule has 23 heavy (non-hydrogen) atoms. The van der Waals surface area contributed by atoms with Crippen molar-refractivity contribution in [1.82, 2.24) is 5.43 Å². The van der Waals surface area contributed by atoms with E-state index in [1.165, 1.54) is 0 Å². The number of aliphatic hydroxyl groups excluding tert-OH is 1. The van der Waals surface area contributed by atoms with Crippen LogP contribution in [0, 0.1) is 10.1 Å². The number of amides is 1. The zero-order chi connectivity index (χ0) is 16.8. The van der Waals surface area contributed by atoms with Crippen LogP contribution in [-0.2, 0) is 4.79 Å². The number of aliphatic hydroxyl groups is 1. The number of nitro benzene ring substituents is 1. The van der Waals surface area contributed by atoms with Gasteiger partial charge in [0.2, 0.25) is 0 Å². The molecule has 8 nitrogen and oxygen atoms in total. The number of phenolic OH excluding ortho intramolecular Hbond substituents is 1. The Balaban J connectivity index is 2.05. The summed E-state index contributed by atoms with van der Waals surface area (Å²) in [5.41, 5.74) is 2.35. The number of nitro groups is 1. The Bertz CT molecular complexity index is 746. The van der Waals surface area contributed by atoms with Gasteiger partial charge in [-0.25, -0.2) is 5.43 Å². The summed E-state index contributed by atoms with van der Waals surface area (Å²) in [5.74, 6) is -0.991. The van der Waals surface area contributed by atoms with Crippen molar-refractivity contribution < 1.29 is 19.9 Å². The number of hydrazone groups is 1. The Morgan fingerprint density at radius 2 is 1.96 bits per heavy atom. The third-order valence-corrected chi connectivity index (χ3v) is 2.96. The summed E-state index contributed by atoms with van der Waals surface area (Å²) in [6.45, 7) is 0. The third-order valence-electron chi connectivity index (χ3n) is 2.96. The molecular weight excluding hydrogens is 302 g/mol. The molecule has 118 valence electrons. The highest BCUT2D eigenvalue weighted by Crippen LogP contribution is 2.21. The molecule has 0 saturated carbocycles. The molecule has 1 amide bonds. The van der Waals surface area contributed by atoms with E-state index in [1.807, 2.05) is 0 Å². The van der Waals surface area contributed by atoms with Crippen LogP contribution in [0.25, 0.3) is 0 Å². The van der Waals surface area contributed by atoms with Gasteiger partial charge in [-0.3, -0.25) is 14.9 Å². The first-order valence-corrected chi connectivity index (χ1v) is 6.52. The van der Waals surface area contributed by atoms with Crippen molar-refractivity contribution in [1.29, 1.82) is 0 Å².